The first-order valence-corrected chi connectivity index (χ1v) is 14.1. The van der Waals surface area contributed by atoms with Gasteiger partial charge in [-0.2, -0.15) is 0 Å². The quantitative estimate of drug-likeness (QED) is 0.529. The number of halogens is 1. The minimum atomic E-state index is -0.541. The van der Waals surface area contributed by atoms with Crippen LogP contribution in [-0.4, -0.2) is 58.9 Å². The van der Waals surface area contributed by atoms with Crippen LogP contribution in [0, 0.1) is 18.7 Å². The van der Waals surface area contributed by atoms with Crippen LogP contribution >= 0.6 is 0 Å². The van der Waals surface area contributed by atoms with Crippen molar-refractivity contribution in [1.82, 2.24) is 15.1 Å². The monoisotopic (exact) mass is 522 g/mol. The maximum Gasteiger partial charge on any atom is 0.254 e. The van der Waals surface area contributed by atoms with Gasteiger partial charge in [0.15, 0.2) is 0 Å². The van der Waals surface area contributed by atoms with Crippen molar-refractivity contribution >= 4 is 11.8 Å². The van der Waals surface area contributed by atoms with Crippen LogP contribution in [0.5, 0.6) is 0 Å². The van der Waals surface area contributed by atoms with Crippen molar-refractivity contribution in [3.63, 3.8) is 0 Å². The molecule has 2 fully saturated rings. The maximum absolute atomic E-state index is 13.7. The molecule has 3 N–H and O–H groups in total. The molecule has 0 spiro atoms. The smallest absolute Gasteiger partial charge is 0.254 e. The van der Waals surface area contributed by atoms with Gasteiger partial charge in [-0.05, 0) is 81.2 Å². The van der Waals surface area contributed by atoms with Crippen LogP contribution in [0.4, 0.5) is 4.39 Å². The highest BCUT2D eigenvalue weighted by atomic mass is 19.1. The van der Waals surface area contributed by atoms with Gasteiger partial charge in [0.25, 0.3) is 5.91 Å². The van der Waals surface area contributed by atoms with E-state index in [1.165, 1.54) is 12.1 Å². The number of rotatable bonds is 8. The highest BCUT2D eigenvalue weighted by Crippen LogP contribution is 2.27. The zero-order valence-corrected chi connectivity index (χ0v) is 23.0. The molecule has 1 aliphatic carbocycles. The van der Waals surface area contributed by atoms with Gasteiger partial charge < -0.3 is 16.0 Å². The average molecular weight is 523 g/mol. The Morgan fingerprint density at radius 2 is 1.68 bits per heavy atom. The lowest BCUT2D eigenvalue weighted by Crippen LogP contribution is -2.58. The fourth-order valence-electron chi connectivity index (χ4n) is 5.83. The predicted octanol–water partition coefficient (Wildman–Crippen LogP) is 4.65. The summed E-state index contributed by atoms with van der Waals surface area (Å²) in [6.07, 6.45) is 4.92. The van der Waals surface area contributed by atoms with Crippen LogP contribution in [0.1, 0.15) is 73.9 Å². The molecule has 2 atom stereocenters. The number of carbonyl (C=O) groups excluding carboxylic acids is 2. The summed E-state index contributed by atoms with van der Waals surface area (Å²) < 4.78 is 13.5. The third kappa shape index (κ3) is 7.41. The molecule has 1 aliphatic heterocycles. The molecule has 6 nitrogen and oxygen atoms in total. The van der Waals surface area contributed by atoms with Gasteiger partial charge in [0.05, 0.1) is 0 Å². The molecule has 1 saturated carbocycles. The first-order chi connectivity index (χ1) is 18.2. The first kappa shape index (κ1) is 28.2. The van der Waals surface area contributed by atoms with E-state index in [1.807, 2.05) is 43.3 Å². The molecule has 206 valence electrons. The number of benzene rings is 2. The molecule has 2 amide bonds. The Morgan fingerprint density at radius 3 is 2.32 bits per heavy atom. The molecule has 4 rings (SSSR count). The summed E-state index contributed by atoms with van der Waals surface area (Å²) in [6.45, 7) is 8.43. The van der Waals surface area contributed by atoms with Crippen LogP contribution in [0.15, 0.2) is 48.5 Å². The zero-order valence-electron chi connectivity index (χ0n) is 23.0. The minimum absolute atomic E-state index is 0.0677. The zero-order chi connectivity index (χ0) is 27.2. The lowest BCUT2D eigenvalue weighted by molar-refractivity contribution is -0.128. The van der Waals surface area contributed by atoms with Gasteiger partial charge in [-0.15, -0.1) is 0 Å². The molecule has 0 aromatic heterocycles. The van der Waals surface area contributed by atoms with Gasteiger partial charge in [-0.3, -0.25) is 14.5 Å². The van der Waals surface area contributed by atoms with E-state index < -0.39 is 6.04 Å². The number of carbonyl (C=O) groups is 2. The number of nitrogens with zero attached hydrogens (tertiary/aromatic N) is 2. The summed E-state index contributed by atoms with van der Waals surface area (Å²) in [6, 6.07) is 14.1. The van der Waals surface area contributed by atoms with Crippen molar-refractivity contribution < 1.29 is 14.0 Å². The molecule has 1 heterocycles. The van der Waals surface area contributed by atoms with E-state index in [2.05, 4.69) is 24.1 Å². The molecular weight excluding hydrogens is 479 g/mol. The van der Waals surface area contributed by atoms with Crippen molar-refractivity contribution in [3.05, 3.63) is 71.0 Å². The number of nitrogens with two attached hydrogens (primary N) is 1. The van der Waals surface area contributed by atoms with E-state index in [0.29, 0.717) is 31.0 Å². The minimum Gasteiger partial charge on any atom is -0.352 e. The van der Waals surface area contributed by atoms with Crippen molar-refractivity contribution in [2.45, 2.75) is 90.0 Å². The van der Waals surface area contributed by atoms with Gasteiger partial charge >= 0.3 is 0 Å². The molecule has 2 aromatic rings. The predicted molar refractivity (Wildman–Crippen MR) is 149 cm³/mol. The number of piperidine rings is 1. The van der Waals surface area contributed by atoms with E-state index in [1.54, 1.807) is 4.90 Å². The second kappa shape index (κ2) is 12.9. The summed E-state index contributed by atoms with van der Waals surface area (Å²) in [5.41, 5.74) is 8.83. The molecule has 2 aliphatic rings. The van der Waals surface area contributed by atoms with Gasteiger partial charge in [0, 0.05) is 43.3 Å². The Morgan fingerprint density at radius 1 is 1.03 bits per heavy atom. The van der Waals surface area contributed by atoms with E-state index in [-0.39, 0.29) is 35.8 Å². The lowest BCUT2D eigenvalue weighted by atomic mass is 9.90. The van der Waals surface area contributed by atoms with Crippen LogP contribution in [0.25, 0.3) is 0 Å². The Bertz CT molecular complexity index is 1060. The highest BCUT2D eigenvalue weighted by molar-refractivity contribution is 5.97. The third-order valence-corrected chi connectivity index (χ3v) is 7.97. The van der Waals surface area contributed by atoms with Gasteiger partial charge in [-0.25, -0.2) is 4.39 Å². The fraction of sp³-hybridized carbons (Fsp3) is 0.548. The molecule has 0 bridgehead atoms. The largest absolute Gasteiger partial charge is 0.352 e. The first-order valence-electron chi connectivity index (χ1n) is 14.1. The average Bonchev–Trinajstić information content (AvgIpc) is 2.90. The molecule has 1 saturated heterocycles. The summed E-state index contributed by atoms with van der Waals surface area (Å²) in [7, 11) is 0. The number of amides is 2. The number of nitrogens with one attached hydrogen (secondary N) is 1. The normalized spacial score (nSPS) is 24.0. The number of hydrogen-bond acceptors (Lipinski definition) is 4. The Hall–Kier alpha value is -2.77. The third-order valence-electron chi connectivity index (χ3n) is 7.97. The van der Waals surface area contributed by atoms with Crippen molar-refractivity contribution in [3.8, 4) is 0 Å². The van der Waals surface area contributed by atoms with Crippen LogP contribution in [0.3, 0.4) is 0 Å². The molecule has 1 unspecified atom stereocenters. The maximum atomic E-state index is 13.7. The molecule has 0 radical (unpaired) electrons. The fourth-order valence-corrected chi connectivity index (χ4v) is 5.83. The van der Waals surface area contributed by atoms with Gasteiger partial charge in [-0.1, -0.05) is 43.7 Å². The molecule has 38 heavy (non-hydrogen) atoms. The molecule has 7 heteroatoms. The van der Waals surface area contributed by atoms with Crippen molar-refractivity contribution in [1.29, 1.82) is 0 Å². The lowest BCUT2D eigenvalue weighted by Gasteiger charge is -2.44. The number of likely N-dealkylation sites (tertiary alicyclic amines) is 1. The molecule has 2 aromatic carbocycles. The highest BCUT2D eigenvalue weighted by Gasteiger charge is 2.39. The Kier molecular flexibility index (Phi) is 9.55. The summed E-state index contributed by atoms with van der Waals surface area (Å²) in [5.74, 6) is 0.0269. The van der Waals surface area contributed by atoms with Gasteiger partial charge in [0.2, 0.25) is 5.91 Å². The van der Waals surface area contributed by atoms with Crippen LogP contribution in [0.2, 0.25) is 0 Å². The second-order valence-corrected chi connectivity index (χ2v) is 11.6. The van der Waals surface area contributed by atoms with E-state index in [9.17, 15) is 14.0 Å². The number of hydrogen-bond donors (Lipinski definition) is 2. The number of aryl methyl sites for hydroxylation is 1. The van der Waals surface area contributed by atoms with Gasteiger partial charge in [0.1, 0.15) is 11.9 Å². The van der Waals surface area contributed by atoms with E-state index in [4.69, 9.17) is 5.73 Å². The van der Waals surface area contributed by atoms with Crippen LogP contribution in [-0.2, 0) is 11.3 Å². The van der Waals surface area contributed by atoms with Crippen molar-refractivity contribution in [2.75, 3.05) is 13.1 Å². The molecular formula is C31H43FN4O2. The van der Waals surface area contributed by atoms with E-state index >= 15 is 0 Å². The van der Waals surface area contributed by atoms with Crippen molar-refractivity contribution in [2.24, 2.45) is 11.7 Å². The summed E-state index contributed by atoms with van der Waals surface area (Å²) in [5, 5.41) is 3.26. The second-order valence-electron chi connectivity index (χ2n) is 11.6. The summed E-state index contributed by atoms with van der Waals surface area (Å²) in [4.78, 5) is 31.5. The summed E-state index contributed by atoms with van der Waals surface area (Å²) >= 11 is 0. The SMILES string of the molecule is Cc1ccc(C(=O)N2CCC(N(Cc3ccc(F)cc3)CC(C)C)C[C@@H]2C(=O)NC2CCC(N)CC2)cc1. The Labute approximate surface area is 226 Å². The van der Waals surface area contributed by atoms with E-state index in [0.717, 1.165) is 49.8 Å². The topological polar surface area (TPSA) is 78.7 Å². The standard InChI is InChI=1S/C31H43FN4O2/c1-21(2)19-35(20-23-6-10-25(32)11-7-23)28-16-17-36(31(38)24-8-4-22(3)5-9-24)29(18-28)30(37)34-27-14-12-26(33)13-15-27/h4-11,21,26-29H,12-20,33H2,1-3H3,(H,34,37)/t26?,27?,28?,29-/m1/s1. The van der Waals surface area contributed by atoms with Crippen LogP contribution < -0.4 is 11.1 Å². The Balaban J connectivity index is 1.55.